The molecule has 2 aliphatic rings. The summed E-state index contributed by atoms with van der Waals surface area (Å²) in [4.78, 5) is 0. The molecule has 0 saturated heterocycles. The van der Waals surface area contributed by atoms with Gasteiger partial charge in [-0.25, -0.2) is 0 Å². The first-order valence-corrected chi connectivity index (χ1v) is 15.9. The molecule has 0 aromatic carbocycles. The fourth-order valence-electron chi connectivity index (χ4n) is 6.81. The van der Waals surface area contributed by atoms with Gasteiger partial charge in [0.2, 0.25) is 0 Å². The zero-order chi connectivity index (χ0) is 20.5. The zero-order valence-electron chi connectivity index (χ0n) is 19.9. The van der Waals surface area contributed by atoms with Crippen molar-refractivity contribution in [1.29, 1.82) is 0 Å². The van der Waals surface area contributed by atoms with Crippen LogP contribution in [0.5, 0.6) is 0 Å². The van der Waals surface area contributed by atoms with Crippen LogP contribution in [0.2, 0.25) is 25.3 Å². The van der Waals surface area contributed by atoms with Crippen molar-refractivity contribution in [3.63, 3.8) is 0 Å². The van der Waals surface area contributed by atoms with Crippen LogP contribution < -0.4 is 0 Å². The van der Waals surface area contributed by atoms with E-state index in [1.807, 2.05) is 17.6 Å². The van der Waals surface area contributed by atoms with E-state index in [-0.39, 0.29) is 0 Å². The van der Waals surface area contributed by atoms with Gasteiger partial charge in [0.25, 0.3) is 0 Å². The molecule has 0 N–H and O–H groups in total. The summed E-state index contributed by atoms with van der Waals surface area (Å²) >= 11 is -2.53. The number of allylic oxidation sites excluding steroid dienone is 8. The molecule has 0 amide bonds. The van der Waals surface area contributed by atoms with Crippen molar-refractivity contribution >= 4 is 26.7 Å². The number of hydrogen-bond acceptors (Lipinski definition) is 0. The maximum atomic E-state index is 2.55. The van der Waals surface area contributed by atoms with Gasteiger partial charge in [-0.1, -0.05) is 0 Å². The second-order valence-electron chi connectivity index (χ2n) is 8.77. The third kappa shape index (κ3) is 3.13. The van der Waals surface area contributed by atoms with Gasteiger partial charge in [-0.2, -0.15) is 0 Å². The SMILES string of the molecule is CCB(CC)C1=[C](C)[Ge]2([C](C)=C1CC)[C](C)=C(CC)C(B(CC)CC)=[C]2C. The number of hydrogen-bond donors (Lipinski definition) is 0. The minimum atomic E-state index is -2.53. The molecule has 0 aromatic rings. The molecule has 0 atom stereocenters. The average molecular weight is 425 g/mol. The van der Waals surface area contributed by atoms with Gasteiger partial charge in [0, 0.05) is 0 Å². The molecule has 0 nitrogen and oxygen atoms in total. The van der Waals surface area contributed by atoms with E-state index < -0.39 is 13.3 Å². The first-order chi connectivity index (χ1) is 12.8. The summed E-state index contributed by atoms with van der Waals surface area (Å²) in [6, 6.07) is 0. The Labute approximate surface area is 173 Å². The van der Waals surface area contributed by atoms with E-state index in [0.29, 0.717) is 0 Å². The molecule has 148 valence electrons. The van der Waals surface area contributed by atoms with Crippen LogP contribution in [0, 0.1) is 0 Å². The quantitative estimate of drug-likeness (QED) is 0.348. The van der Waals surface area contributed by atoms with Gasteiger partial charge in [-0.3, -0.25) is 0 Å². The van der Waals surface area contributed by atoms with Crippen LogP contribution in [0.15, 0.2) is 39.7 Å². The summed E-state index contributed by atoms with van der Waals surface area (Å²) in [5, 5.41) is 0. The molecule has 2 aliphatic heterocycles. The maximum absolute atomic E-state index is 2.55. The van der Waals surface area contributed by atoms with E-state index >= 15 is 0 Å². The molecule has 2 heterocycles. The van der Waals surface area contributed by atoms with Crippen LogP contribution in [0.25, 0.3) is 0 Å². The molecule has 0 fully saturated rings. The van der Waals surface area contributed by atoms with E-state index in [9.17, 15) is 0 Å². The van der Waals surface area contributed by atoms with Crippen molar-refractivity contribution in [3.8, 4) is 0 Å². The zero-order valence-corrected chi connectivity index (χ0v) is 22.0. The van der Waals surface area contributed by atoms with Crippen LogP contribution in [-0.4, -0.2) is 26.7 Å². The van der Waals surface area contributed by atoms with Crippen molar-refractivity contribution in [1.82, 2.24) is 0 Å². The second kappa shape index (κ2) is 8.97. The summed E-state index contributed by atoms with van der Waals surface area (Å²) in [5.74, 6) is 0. The Hall–Kier alpha value is -0.367. The molecule has 2 rings (SSSR count). The van der Waals surface area contributed by atoms with Crippen LogP contribution in [-0.2, 0) is 0 Å². The predicted octanol–water partition coefficient (Wildman–Crippen LogP) is 7.85. The van der Waals surface area contributed by atoms with Gasteiger partial charge >= 0.3 is 174 Å². The summed E-state index contributed by atoms with van der Waals surface area (Å²) in [7, 11) is 0. The summed E-state index contributed by atoms with van der Waals surface area (Å²) < 4.78 is 7.36. The molecule has 0 aromatic heterocycles. The first-order valence-electron chi connectivity index (χ1n) is 11.7. The Morgan fingerprint density at radius 1 is 0.519 bits per heavy atom. The van der Waals surface area contributed by atoms with Crippen LogP contribution in [0.1, 0.15) is 82.1 Å². The van der Waals surface area contributed by atoms with Crippen molar-refractivity contribution in [2.45, 2.75) is 107 Å². The summed E-state index contributed by atoms with van der Waals surface area (Å²) in [5.41, 5.74) is 7.09. The Bertz CT molecular complexity index is 651. The fraction of sp³-hybridized carbons (Fsp3) is 0.667. The molecule has 0 aliphatic carbocycles. The van der Waals surface area contributed by atoms with Crippen LogP contribution >= 0.6 is 0 Å². The van der Waals surface area contributed by atoms with Gasteiger partial charge in [0.1, 0.15) is 0 Å². The third-order valence-corrected chi connectivity index (χ3v) is 19.9. The van der Waals surface area contributed by atoms with Gasteiger partial charge in [0.15, 0.2) is 0 Å². The number of rotatable bonds is 8. The van der Waals surface area contributed by atoms with Gasteiger partial charge in [0.05, 0.1) is 0 Å². The molecular formula is C24H42B2Ge. The van der Waals surface area contributed by atoms with E-state index in [1.54, 1.807) is 22.1 Å². The molecule has 3 heteroatoms. The van der Waals surface area contributed by atoms with Crippen LogP contribution in [0.3, 0.4) is 0 Å². The van der Waals surface area contributed by atoms with Crippen molar-refractivity contribution < 1.29 is 0 Å². The fourth-order valence-corrected chi connectivity index (χ4v) is 20.3. The van der Waals surface area contributed by atoms with Crippen molar-refractivity contribution in [2.24, 2.45) is 0 Å². The minimum absolute atomic E-state index is 0.753. The Balaban J connectivity index is 2.89. The Morgan fingerprint density at radius 3 is 1.04 bits per heavy atom. The molecule has 0 radical (unpaired) electrons. The summed E-state index contributed by atoms with van der Waals surface area (Å²) in [6.45, 7) is 26.0. The first kappa shape index (κ1) is 22.9. The second-order valence-corrected chi connectivity index (χ2v) is 18.2. The molecule has 0 saturated carbocycles. The monoisotopic (exact) mass is 426 g/mol. The summed E-state index contributed by atoms with van der Waals surface area (Å²) in [6.07, 6.45) is 7.55. The van der Waals surface area contributed by atoms with Crippen molar-refractivity contribution in [2.75, 3.05) is 0 Å². The average Bonchev–Trinajstić information content (AvgIpc) is 3.03. The predicted molar refractivity (Wildman–Crippen MR) is 131 cm³/mol. The molecular weight excluding hydrogens is 382 g/mol. The van der Waals surface area contributed by atoms with E-state index in [0.717, 1.165) is 13.4 Å². The van der Waals surface area contributed by atoms with Crippen molar-refractivity contribution in [3.05, 3.63) is 39.7 Å². The molecule has 0 bridgehead atoms. The molecule has 1 spiro atoms. The van der Waals surface area contributed by atoms with E-state index in [4.69, 9.17) is 0 Å². The van der Waals surface area contributed by atoms with Gasteiger partial charge < -0.3 is 0 Å². The topological polar surface area (TPSA) is 0 Å². The Kier molecular flexibility index (Phi) is 7.62. The van der Waals surface area contributed by atoms with E-state index in [1.165, 1.54) is 38.1 Å². The molecule has 27 heavy (non-hydrogen) atoms. The van der Waals surface area contributed by atoms with Gasteiger partial charge in [-0.15, -0.1) is 0 Å². The van der Waals surface area contributed by atoms with Gasteiger partial charge in [-0.05, 0) is 0 Å². The normalized spacial score (nSPS) is 19.3. The van der Waals surface area contributed by atoms with E-state index in [2.05, 4.69) is 69.2 Å². The Morgan fingerprint density at radius 2 is 0.815 bits per heavy atom. The third-order valence-electron chi connectivity index (χ3n) is 8.11. The molecule has 0 unspecified atom stereocenters. The standard InChI is InChI=1S/C24H42B2Ge/c1-11-21-17(7)27(19(9)23(21)25(13-3)14-4)18(8)22(12-2)24(20(27)10)26(15-5)16-6/h11-16H2,1-10H3. The van der Waals surface area contributed by atoms with Crippen LogP contribution in [0.4, 0.5) is 0 Å².